The molecular weight excluding hydrogens is 346 g/mol. The lowest BCUT2D eigenvalue weighted by molar-refractivity contribution is -0.122. The van der Waals surface area contributed by atoms with E-state index in [1.54, 1.807) is 0 Å². The van der Waals surface area contributed by atoms with Crippen LogP contribution >= 0.6 is 11.6 Å². The molecule has 1 N–H and O–H groups in total. The van der Waals surface area contributed by atoms with Crippen LogP contribution in [0.25, 0.3) is 0 Å². The minimum atomic E-state index is 0.166. The van der Waals surface area contributed by atoms with Gasteiger partial charge in [-0.25, -0.2) is 0 Å². The average molecular weight is 370 g/mol. The van der Waals surface area contributed by atoms with Crippen molar-refractivity contribution in [1.29, 1.82) is 0 Å². The van der Waals surface area contributed by atoms with Crippen molar-refractivity contribution in [1.82, 2.24) is 0 Å². The van der Waals surface area contributed by atoms with Crippen LogP contribution in [-0.4, -0.2) is 32.1 Å². The van der Waals surface area contributed by atoms with Crippen molar-refractivity contribution in [3.8, 4) is 0 Å². The summed E-state index contributed by atoms with van der Waals surface area (Å²) in [6.07, 6.45) is 3.24. The second-order valence-electron chi connectivity index (χ2n) is 7.12. The van der Waals surface area contributed by atoms with E-state index in [0.29, 0.717) is 0 Å². The number of carbonyl (C=O) groups excluding carboxylic acids is 1. The molecule has 4 nitrogen and oxygen atoms in total. The molecular formula is C21H24ClN3O. The summed E-state index contributed by atoms with van der Waals surface area (Å²) in [6, 6.07) is 16.3. The van der Waals surface area contributed by atoms with Crippen molar-refractivity contribution in [2.24, 2.45) is 5.92 Å². The van der Waals surface area contributed by atoms with Crippen molar-refractivity contribution in [2.75, 3.05) is 41.3 Å². The monoisotopic (exact) mass is 369 g/mol. The van der Waals surface area contributed by atoms with E-state index in [2.05, 4.69) is 33.3 Å². The van der Waals surface area contributed by atoms with E-state index in [9.17, 15) is 4.79 Å². The Kier molecular flexibility index (Phi) is 5.02. The van der Waals surface area contributed by atoms with Gasteiger partial charge in [-0.2, -0.15) is 0 Å². The van der Waals surface area contributed by atoms with Crippen LogP contribution in [0.15, 0.2) is 48.5 Å². The third-order valence-corrected chi connectivity index (χ3v) is 5.66. The van der Waals surface area contributed by atoms with Gasteiger partial charge < -0.3 is 15.1 Å². The molecule has 1 aliphatic carbocycles. The highest BCUT2D eigenvalue weighted by atomic mass is 35.5. The van der Waals surface area contributed by atoms with Crippen LogP contribution in [0.3, 0.4) is 0 Å². The molecule has 4 rings (SSSR count). The molecule has 0 spiro atoms. The van der Waals surface area contributed by atoms with E-state index in [0.717, 1.165) is 49.7 Å². The molecule has 0 unspecified atom stereocenters. The maximum atomic E-state index is 12.0. The fraction of sp³-hybridized carbons (Fsp3) is 0.381. The van der Waals surface area contributed by atoms with Crippen molar-refractivity contribution in [3.05, 3.63) is 53.6 Å². The molecule has 1 heterocycles. The first-order valence-electron chi connectivity index (χ1n) is 9.35. The van der Waals surface area contributed by atoms with E-state index >= 15 is 0 Å². The molecule has 136 valence electrons. The van der Waals surface area contributed by atoms with Gasteiger partial charge in [-0.1, -0.05) is 24.1 Å². The predicted molar refractivity (Wildman–Crippen MR) is 108 cm³/mol. The maximum absolute atomic E-state index is 12.0. The Morgan fingerprint density at radius 3 is 2.15 bits per heavy atom. The van der Waals surface area contributed by atoms with Gasteiger partial charge in [0, 0.05) is 54.2 Å². The smallest absolute Gasteiger partial charge is 0.227 e. The van der Waals surface area contributed by atoms with Crippen LogP contribution < -0.4 is 15.1 Å². The number of anilines is 3. The molecule has 2 aromatic rings. The van der Waals surface area contributed by atoms with Crippen LogP contribution in [0.1, 0.15) is 19.3 Å². The van der Waals surface area contributed by atoms with Gasteiger partial charge in [0.2, 0.25) is 5.91 Å². The molecule has 5 heteroatoms. The van der Waals surface area contributed by atoms with Crippen LogP contribution in [0.2, 0.25) is 5.02 Å². The molecule has 2 aromatic carbocycles. The molecule has 0 atom stereocenters. The number of rotatable bonds is 4. The fourth-order valence-corrected chi connectivity index (χ4v) is 3.75. The lowest BCUT2D eigenvalue weighted by atomic mass is 9.85. The summed E-state index contributed by atoms with van der Waals surface area (Å²) >= 11 is 6.10. The molecule has 0 bridgehead atoms. The number of benzene rings is 2. The summed E-state index contributed by atoms with van der Waals surface area (Å²) in [5.41, 5.74) is 3.28. The Balaban J connectivity index is 1.33. The number of hydrogen-bond donors (Lipinski definition) is 1. The average Bonchev–Trinajstić information content (AvgIpc) is 2.61. The lowest BCUT2D eigenvalue weighted by Gasteiger charge is -2.37. The van der Waals surface area contributed by atoms with E-state index in [1.807, 2.05) is 30.3 Å². The zero-order valence-corrected chi connectivity index (χ0v) is 15.6. The molecule has 0 aromatic heterocycles. The fourth-order valence-electron chi connectivity index (χ4n) is 3.57. The Hall–Kier alpha value is -2.20. The first-order chi connectivity index (χ1) is 12.7. The topological polar surface area (TPSA) is 35.6 Å². The second-order valence-corrected chi connectivity index (χ2v) is 7.55. The lowest BCUT2D eigenvalue weighted by Crippen LogP contribution is -2.46. The molecule has 1 saturated carbocycles. The van der Waals surface area contributed by atoms with Crippen molar-refractivity contribution >= 4 is 34.6 Å². The second kappa shape index (κ2) is 7.58. The van der Waals surface area contributed by atoms with E-state index in [1.165, 1.54) is 17.8 Å². The van der Waals surface area contributed by atoms with Gasteiger partial charge in [0.05, 0.1) is 0 Å². The third kappa shape index (κ3) is 3.80. The van der Waals surface area contributed by atoms with Crippen molar-refractivity contribution in [3.63, 3.8) is 0 Å². The van der Waals surface area contributed by atoms with E-state index in [-0.39, 0.29) is 11.8 Å². The van der Waals surface area contributed by atoms with Crippen molar-refractivity contribution in [2.45, 2.75) is 19.3 Å². The highest BCUT2D eigenvalue weighted by Crippen LogP contribution is 2.28. The first kappa shape index (κ1) is 17.2. The molecule has 2 fully saturated rings. The number of nitrogens with zero attached hydrogens (tertiary/aromatic N) is 2. The summed E-state index contributed by atoms with van der Waals surface area (Å²) in [7, 11) is 0. The molecule has 2 aliphatic rings. The van der Waals surface area contributed by atoms with Gasteiger partial charge in [0.25, 0.3) is 0 Å². The number of carbonyl (C=O) groups is 1. The van der Waals surface area contributed by atoms with Gasteiger partial charge >= 0.3 is 0 Å². The zero-order chi connectivity index (χ0) is 17.9. The Labute approximate surface area is 159 Å². The summed E-state index contributed by atoms with van der Waals surface area (Å²) in [5, 5.41) is 3.81. The van der Waals surface area contributed by atoms with Gasteiger partial charge in [-0.3, -0.25) is 4.79 Å². The van der Waals surface area contributed by atoms with Crippen LogP contribution in [0.5, 0.6) is 0 Å². The number of hydrogen-bond acceptors (Lipinski definition) is 3. The minimum absolute atomic E-state index is 0.166. The largest absolute Gasteiger partial charge is 0.368 e. The summed E-state index contributed by atoms with van der Waals surface area (Å²) in [6.45, 7) is 3.89. The minimum Gasteiger partial charge on any atom is -0.368 e. The quantitative estimate of drug-likeness (QED) is 0.867. The predicted octanol–water partition coefficient (Wildman–Crippen LogP) is 4.41. The highest BCUT2D eigenvalue weighted by molar-refractivity contribution is 6.30. The Morgan fingerprint density at radius 2 is 1.58 bits per heavy atom. The van der Waals surface area contributed by atoms with Crippen molar-refractivity contribution < 1.29 is 4.79 Å². The first-order valence-corrected chi connectivity index (χ1v) is 9.73. The normalized spacial score (nSPS) is 17.7. The molecule has 1 amide bonds. The van der Waals surface area contributed by atoms with Crippen LogP contribution in [0, 0.1) is 5.92 Å². The Morgan fingerprint density at radius 1 is 0.923 bits per heavy atom. The SMILES string of the molecule is O=C(Nc1ccc(N2CCN(c3cccc(Cl)c3)CC2)cc1)C1CCC1. The van der Waals surface area contributed by atoms with Gasteiger partial charge in [-0.05, 0) is 55.3 Å². The molecule has 1 aliphatic heterocycles. The van der Waals surface area contributed by atoms with Gasteiger partial charge in [0.15, 0.2) is 0 Å². The molecule has 26 heavy (non-hydrogen) atoms. The molecule has 1 saturated heterocycles. The van der Waals surface area contributed by atoms with E-state index < -0.39 is 0 Å². The third-order valence-electron chi connectivity index (χ3n) is 5.43. The van der Waals surface area contributed by atoms with Gasteiger partial charge in [-0.15, -0.1) is 0 Å². The zero-order valence-electron chi connectivity index (χ0n) is 14.8. The number of halogens is 1. The maximum Gasteiger partial charge on any atom is 0.227 e. The number of amides is 1. The van der Waals surface area contributed by atoms with E-state index in [4.69, 9.17) is 11.6 Å². The Bertz CT molecular complexity index is 765. The van der Waals surface area contributed by atoms with Gasteiger partial charge in [0.1, 0.15) is 0 Å². The summed E-state index contributed by atoms with van der Waals surface area (Å²) in [4.78, 5) is 16.8. The standard InChI is InChI=1S/C21H24ClN3O/c22-17-5-2-6-20(15-17)25-13-11-24(12-14-25)19-9-7-18(8-10-19)23-21(26)16-3-1-4-16/h2,5-10,15-16H,1,3-4,11-14H2,(H,23,26). The number of nitrogens with one attached hydrogen (secondary N) is 1. The highest BCUT2D eigenvalue weighted by Gasteiger charge is 2.25. The van der Waals surface area contributed by atoms with Crippen LogP contribution in [0.4, 0.5) is 17.1 Å². The number of piperazine rings is 1. The van der Waals surface area contributed by atoms with Crippen LogP contribution in [-0.2, 0) is 4.79 Å². The molecule has 0 radical (unpaired) electrons. The summed E-state index contributed by atoms with van der Waals surface area (Å²) < 4.78 is 0. The summed E-state index contributed by atoms with van der Waals surface area (Å²) in [5.74, 6) is 0.383.